The molecule has 1 aliphatic carbocycles. The predicted octanol–water partition coefficient (Wildman–Crippen LogP) is 1.95. The minimum Gasteiger partial charge on any atom is -0.368 e. The molecule has 1 aliphatic heterocycles. The number of amides is 1. The first kappa shape index (κ1) is 14.2. The van der Waals surface area contributed by atoms with E-state index in [1.165, 1.54) is 23.2 Å². The highest BCUT2D eigenvalue weighted by Crippen LogP contribution is 2.24. The zero-order valence-corrected chi connectivity index (χ0v) is 13.3. The Bertz CT molecular complexity index is 706. The van der Waals surface area contributed by atoms with Gasteiger partial charge in [0.1, 0.15) is 0 Å². The topological polar surface area (TPSA) is 37.7 Å². The highest BCUT2D eigenvalue weighted by molar-refractivity contribution is 5.94. The van der Waals surface area contributed by atoms with Crippen LogP contribution in [0.15, 0.2) is 42.7 Å². The molecule has 0 unspecified atom stereocenters. The van der Waals surface area contributed by atoms with Crippen molar-refractivity contribution in [1.29, 1.82) is 0 Å². The van der Waals surface area contributed by atoms with Gasteiger partial charge >= 0.3 is 0 Å². The number of carbonyl (C=O) groups excluding carboxylic acids is 1. The van der Waals surface area contributed by atoms with Crippen molar-refractivity contribution in [3.05, 3.63) is 59.4 Å². The van der Waals surface area contributed by atoms with Gasteiger partial charge in [0, 0.05) is 49.6 Å². The SMILES string of the molecule is O=C(c1ccc2c(c1)CCC2)N1CCN(c2cc[nH+]cc2)CC1. The van der Waals surface area contributed by atoms with Gasteiger partial charge in [-0.3, -0.25) is 4.79 Å². The van der Waals surface area contributed by atoms with Gasteiger partial charge in [-0.25, -0.2) is 4.98 Å². The third-order valence-corrected chi connectivity index (χ3v) is 4.98. The first-order chi connectivity index (χ1) is 11.3. The smallest absolute Gasteiger partial charge is 0.253 e. The summed E-state index contributed by atoms with van der Waals surface area (Å²) in [4.78, 5) is 20.1. The molecular formula is C19H22N3O+. The Labute approximate surface area is 136 Å². The number of H-pyrrole nitrogens is 1. The number of carbonyl (C=O) groups is 1. The van der Waals surface area contributed by atoms with Crippen LogP contribution >= 0.6 is 0 Å². The van der Waals surface area contributed by atoms with Gasteiger partial charge in [0.2, 0.25) is 0 Å². The minimum atomic E-state index is 0.181. The number of anilines is 1. The molecule has 1 aromatic carbocycles. The molecule has 1 N–H and O–H groups in total. The van der Waals surface area contributed by atoms with Crippen LogP contribution in [0.2, 0.25) is 0 Å². The Morgan fingerprint density at radius 3 is 2.43 bits per heavy atom. The Morgan fingerprint density at radius 1 is 0.913 bits per heavy atom. The van der Waals surface area contributed by atoms with Crippen molar-refractivity contribution >= 4 is 11.6 Å². The zero-order valence-electron chi connectivity index (χ0n) is 13.3. The van der Waals surface area contributed by atoms with E-state index in [9.17, 15) is 4.79 Å². The summed E-state index contributed by atoms with van der Waals surface area (Å²) < 4.78 is 0. The zero-order chi connectivity index (χ0) is 15.6. The fourth-order valence-electron chi connectivity index (χ4n) is 3.64. The average molecular weight is 308 g/mol. The number of aromatic amines is 1. The summed E-state index contributed by atoms with van der Waals surface area (Å²) in [6.07, 6.45) is 7.39. The van der Waals surface area contributed by atoms with Crippen molar-refractivity contribution in [2.75, 3.05) is 31.1 Å². The molecule has 4 heteroatoms. The Kier molecular flexibility index (Phi) is 3.74. The van der Waals surface area contributed by atoms with Crippen LogP contribution in [0.3, 0.4) is 0 Å². The lowest BCUT2D eigenvalue weighted by Gasteiger charge is -2.35. The number of nitrogens with one attached hydrogen (secondary N) is 1. The number of hydrogen-bond acceptors (Lipinski definition) is 2. The minimum absolute atomic E-state index is 0.181. The molecule has 118 valence electrons. The van der Waals surface area contributed by atoms with E-state index in [-0.39, 0.29) is 5.91 Å². The van der Waals surface area contributed by atoms with Crippen LogP contribution in [0.25, 0.3) is 0 Å². The van der Waals surface area contributed by atoms with Gasteiger partial charge in [0.05, 0.1) is 0 Å². The molecule has 2 heterocycles. The van der Waals surface area contributed by atoms with E-state index in [1.807, 2.05) is 23.4 Å². The van der Waals surface area contributed by atoms with Gasteiger partial charge in [-0.15, -0.1) is 0 Å². The molecule has 1 fully saturated rings. The van der Waals surface area contributed by atoms with E-state index in [1.54, 1.807) is 0 Å². The third kappa shape index (κ3) is 2.81. The first-order valence-electron chi connectivity index (χ1n) is 8.43. The van der Waals surface area contributed by atoms with Crippen LogP contribution in [0.4, 0.5) is 5.69 Å². The van der Waals surface area contributed by atoms with Gasteiger partial charge in [-0.05, 0) is 42.5 Å². The Hall–Kier alpha value is -2.36. The number of hydrogen-bond donors (Lipinski definition) is 0. The summed E-state index contributed by atoms with van der Waals surface area (Å²) in [6.45, 7) is 3.35. The number of benzene rings is 1. The van der Waals surface area contributed by atoms with Crippen molar-refractivity contribution < 1.29 is 9.78 Å². The van der Waals surface area contributed by atoms with Crippen molar-refractivity contribution in [3.8, 4) is 0 Å². The molecule has 1 saturated heterocycles. The van der Waals surface area contributed by atoms with Crippen molar-refractivity contribution in [2.45, 2.75) is 19.3 Å². The highest BCUT2D eigenvalue weighted by Gasteiger charge is 2.23. The van der Waals surface area contributed by atoms with Crippen LogP contribution in [-0.2, 0) is 12.8 Å². The van der Waals surface area contributed by atoms with Crippen molar-refractivity contribution in [3.63, 3.8) is 0 Å². The number of rotatable bonds is 2. The predicted molar refractivity (Wildman–Crippen MR) is 89.6 cm³/mol. The maximum atomic E-state index is 12.7. The second-order valence-electron chi connectivity index (χ2n) is 6.37. The summed E-state index contributed by atoms with van der Waals surface area (Å²) in [5, 5.41) is 0. The maximum Gasteiger partial charge on any atom is 0.253 e. The molecule has 0 radical (unpaired) electrons. The summed E-state index contributed by atoms with van der Waals surface area (Å²) >= 11 is 0. The molecule has 2 aromatic rings. The molecule has 4 rings (SSSR count). The fourth-order valence-corrected chi connectivity index (χ4v) is 3.64. The normalized spacial score (nSPS) is 17.2. The highest BCUT2D eigenvalue weighted by atomic mass is 16.2. The molecule has 1 amide bonds. The average Bonchev–Trinajstić information content (AvgIpc) is 3.10. The first-order valence-corrected chi connectivity index (χ1v) is 8.43. The Morgan fingerprint density at radius 2 is 1.65 bits per heavy atom. The summed E-state index contributed by atoms with van der Waals surface area (Å²) in [7, 11) is 0. The second kappa shape index (κ2) is 6.03. The number of aromatic nitrogens is 1. The Balaban J connectivity index is 1.43. The maximum absolute atomic E-state index is 12.7. The van der Waals surface area contributed by atoms with Crippen LogP contribution in [0, 0.1) is 0 Å². The fraction of sp³-hybridized carbons (Fsp3) is 0.368. The van der Waals surface area contributed by atoms with Crippen molar-refractivity contribution in [1.82, 2.24) is 4.90 Å². The number of nitrogens with zero attached hydrogens (tertiary/aromatic N) is 2. The van der Waals surface area contributed by atoms with E-state index >= 15 is 0 Å². The lowest BCUT2D eigenvalue weighted by atomic mass is 10.1. The standard InChI is InChI=1S/C19H21N3O/c23-19(17-5-4-15-2-1-3-16(15)14-17)22-12-10-21(11-13-22)18-6-8-20-9-7-18/h4-9,14H,1-3,10-13H2/p+1. The molecule has 1 aromatic heterocycles. The number of piperazine rings is 1. The molecule has 4 nitrogen and oxygen atoms in total. The molecule has 23 heavy (non-hydrogen) atoms. The summed E-state index contributed by atoms with van der Waals surface area (Å²) in [5.74, 6) is 0.181. The molecule has 2 aliphatic rings. The van der Waals surface area contributed by atoms with Crippen LogP contribution in [0.1, 0.15) is 27.9 Å². The summed E-state index contributed by atoms with van der Waals surface area (Å²) in [6, 6.07) is 10.4. The number of aryl methyl sites for hydroxylation is 2. The van der Waals surface area contributed by atoms with Gasteiger partial charge in [-0.2, -0.15) is 0 Å². The third-order valence-electron chi connectivity index (χ3n) is 4.98. The summed E-state index contributed by atoms with van der Waals surface area (Å²) in [5.41, 5.74) is 4.86. The second-order valence-corrected chi connectivity index (χ2v) is 6.37. The molecule has 0 spiro atoms. The van der Waals surface area contributed by atoms with Crippen LogP contribution < -0.4 is 9.88 Å². The lowest BCUT2D eigenvalue weighted by molar-refractivity contribution is -0.377. The van der Waals surface area contributed by atoms with E-state index in [0.717, 1.165) is 44.6 Å². The van der Waals surface area contributed by atoms with E-state index < -0.39 is 0 Å². The van der Waals surface area contributed by atoms with Gasteiger partial charge in [0.25, 0.3) is 5.91 Å². The van der Waals surface area contributed by atoms with E-state index in [0.29, 0.717) is 0 Å². The molecule has 0 bridgehead atoms. The van der Waals surface area contributed by atoms with Crippen molar-refractivity contribution in [2.24, 2.45) is 0 Å². The van der Waals surface area contributed by atoms with Crippen LogP contribution in [-0.4, -0.2) is 37.0 Å². The quantitative estimate of drug-likeness (QED) is 0.850. The monoisotopic (exact) mass is 308 g/mol. The van der Waals surface area contributed by atoms with Gasteiger partial charge < -0.3 is 9.80 Å². The molecular weight excluding hydrogens is 286 g/mol. The molecule has 0 atom stereocenters. The van der Waals surface area contributed by atoms with Gasteiger partial charge in [-0.1, -0.05) is 6.07 Å². The van der Waals surface area contributed by atoms with E-state index in [2.05, 4.69) is 34.1 Å². The number of pyridine rings is 1. The number of fused-ring (bicyclic) bond motifs is 1. The largest absolute Gasteiger partial charge is 0.368 e. The molecule has 0 saturated carbocycles. The van der Waals surface area contributed by atoms with Crippen LogP contribution in [0.5, 0.6) is 0 Å². The van der Waals surface area contributed by atoms with Gasteiger partial charge in [0.15, 0.2) is 12.4 Å². The van der Waals surface area contributed by atoms with E-state index in [4.69, 9.17) is 0 Å². The lowest BCUT2D eigenvalue weighted by Crippen LogP contribution is -2.48.